The summed E-state index contributed by atoms with van der Waals surface area (Å²) < 4.78 is 6.84. The first-order valence-corrected chi connectivity index (χ1v) is 10.6. The van der Waals surface area contributed by atoms with Crippen molar-refractivity contribution in [3.63, 3.8) is 0 Å². The molecule has 2 heterocycles. The Balaban J connectivity index is 0.00000256. The SMILES string of the molecule is Cc1c(Cl)ccc2sc(N(CCCN(C)C)C(=O)c3cc4ccccc4o3)nc12.Cl. The molecule has 0 spiro atoms. The van der Waals surface area contributed by atoms with Crippen LogP contribution in [0.1, 0.15) is 22.5 Å². The molecule has 0 unspecified atom stereocenters. The third-order valence-corrected chi connectivity index (χ3v) is 6.29. The minimum absolute atomic E-state index is 0. The van der Waals surface area contributed by atoms with E-state index in [2.05, 4.69) is 4.90 Å². The molecular weight excluding hydrogens is 441 g/mol. The molecule has 0 aliphatic carbocycles. The predicted octanol–water partition coefficient (Wildman–Crippen LogP) is 6.02. The molecule has 0 aliphatic rings. The zero-order valence-electron chi connectivity index (χ0n) is 17.0. The van der Waals surface area contributed by atoms with Crippen LogP contribution in [0, 0.1) is 6.92 Å². The Morgan fingerprint density at radius 1 is 1.17 bits per heavy atom. The quantitative estimate of drug-likeness (QED) is 0.350. The number of halogens is 2. The maximum atomic E-state index is 13.4. The number of aromatic nitrogens is 1. The van der Waals surface area contributed by atoms with E-state index >= 15 is 0 Å². The molecule has 4 aromatic rings. The normalized spacial score (nSPS) is 11.2. The van der Waals surface area contributed by atoms with Crippen LogP contribution >= 0.6 is 35.3 Å². The van der Waals surface area contributed by atoms with Crippen LogP contribution in [0.2, 0.25) is 5.02 Å². The summed E-state index contributed by atoms with van der Waals surface area (Å²) in [5.74, 6) is 0.146. The van der Waals surface area contributed by atoms with E-state index in [-0.39, 0.29) is 18.3 Å². The van der Waals surface area contributed by atoms with Gasteiger partial charge in [0.1, 0.15) is 5.58 Å². The fourth-order valence-corrected chi connectivity index (χ4v) is 4.46. The number of fused-ring (bicyclic) bond motifs is 2. The largest absolute Gasteiger partial charge is 0.451 e. The first-order valence-electron chi connectivity index (χ1n) is 9.45. The van der Waals surface area contributed by atoms with Crippen LogP contribution in [0.5, 0.6) is 0 Å². The van der Waals surface area contributed by atoms with E-state index in [0.717, 1.165) is 34.1 Å². The molecule has 8 heteroatoms. The maximum absolute atomic E-state index is 13.4. The van der Waals surface area contributed by atoms with E-state index in [1.165, 1.54) is 11.3 Å². The number of hydrogen-bond acceptors (Lipinski definition) is 5. The molecule has 1 amide bonds. The van der Waals surface area contributed by atoms with Gasteiger partial charge >= 0.3 is 0 Å². The summed E-state index contributed by atoms with van der Waals surface area (Å²) in [4.78, 5) is 22.0. The number of benzene rings is 2. The van der Waals surface area contributed by atoms with Crippen molar-refractivity contribution >= 4 is 67.6 Å². The molecular formula is C22H23Cl2N3O2S. The number of amides is 1. The van der Waals surface area contributed by atoms with Gasteiger partial charge in [0, 0.05) is 17.0 Å². The Hall–Kier alpha value is -2.12. The molecule has 2 aromatic heterocycles. The summed E-state index contributed by atoms with van der Waals surface area (Å²) in [5, 5.41) is 2.25. The molecule has 0 fully saturated rings. The van der Waals surface area contributed by atoms with E-state index in [4.69, 9.17) is 21.0 Å². The van der Waals surface area contributed by atoms with Crippen LogP contribution in [0.15, 0.2) is 46.9 Å². The van der Waals surface area contributed by atoms with Crippen LogP contribution in [-0.4, -0.2) is 43.0 Å². The van der Waals surface area contributed by atoms with Gasteiger partial charge in [-0.15, -0.1) is 12.4 Å². The average molecular weight is 464 g/mol. The van der Waals surface area contributed by atoms with Crippen molar-refractivity contribution in [2.45, 2.75) is 13.3 Å². The second-order valence-corrected chi connectivity index (χ2v) is 8.69. The van der Waals surface area contributed by atoms with Gasteiger partial charge in [0.25, 0.3) is 5.91 Å². The maximum Gasteiger partial charge on any atom is 0.295 e. The highest BCUT2D eigenvalue weighted by molar-refractivity contribution is 7.22. The lowest BCUT2D eigenvalue weighted by Gasteiger charge is -2.19. The van der Waals surface area contributed by atoms with Gasteiger partial charge in [-0.2, -0.15) is 0 Å². The van der Waals surface area contributed by atoms with E-state index in [0.29, 0.717) is 28.0 Å². The molecule has 5 nitrogen and oxygen atoms in total. The second kappa shape index (κ2) is 9.35. The van der Waals surface area contributed by atoms with Crippen LogP contribution in [0.4, 0.5) is 5.13 Å². The summed E-state index contributed by atoms with van der Waals surface area (Å²) in [5.41, 5.74) is 2.47. The van der Waals surface area contributed by atoms with Gasteiger partial charge in [-0.25, -0.2) is 4.98 Å². The Labute approximate surface area is 190 Å². The minimum Gasteiger partial charge on any atom is -0.451 e. The molecule has 158 valence electrons. The van der Waals surface area contributed by atoms with Gasteiger partial charge < -0.3 is 9.32 Å². The van der Waals surface area contributed by atoms with Crippen molar-refractivity contribution < 1.29 is 9.21 Å². The Morgan fingerprint density at radius 2 is 1.93 bits per heavy atom. The van der Waals surface area contributed by atoms with Crippen molar-refractivity contribution in [2.24, 2.45) is 0 Å². The summed E-state index contributed by atoms with van der Waals surface area (Å²) in [6.45, 7) is 3.38. The van der Waals surface area contributed by atoms with Gasteiger partial charge in [0.2, 0.25) is 0 Å². The zero-order chi connectivity index (χ0) is 20.5. The number of anilines is 1. The number of rotatable bonds is 6. The third-order valence-electron chi connectivity index (χ3n) is 4.84. The number of carbonyl (C=O) groups excluding carboxylic acids is 1. The Bertz CT molecular complexity index is 1150. The van der Waals surface area contributed by atoms with Crippen molar-refractivity contribution in [2.75, 3.05) is 32.1 Å². The molecule has 0 bridgehead atoms. The van der Waals surface area contributed by atoms with Gasteiger partial charge in [-0.3, -0.25) is 9.69 Å². The van der Waals surface area contributed by atoms with Crippen molar-refractivity contribution in [3.05, 3.63) is 58.8 Å². The van der Waals surface area contributed by atoms with Crippen molar-refractivity contribution in [1.82, 2.24) is 9.88 Å². The lowest BCUT2D eigenvalue weighted by molar-refractivity contribution is 0.0961. The van der Waals surface area contributed by atoms with Crippen molar-refractivity contribution in [1.29, 1.82) is 0 Å². The highest BCUT2D eigenvalue weighted by Gasteiger charge is 2.24. The molecule has 2 aromatic carbocycles. The predicted molar refractivity (Wildman–Crippen MR) is 128 cm³/mol. The minimum atomic E-state index is -0.178. The van der Waals surface area contributed by atoms with Crippen LogP contribution in [0.25, 0.3) is 21.2 Å². The summed E-state index contributed by atoms with van der Waals surface area (Å²) in [6, 6.07) is 13.3. The number of carbonyl (C=O) groups is 1. The summed E-state index contributed by atoms with van der Waals surface area (Å²) in [6.07, 6.45) is 0.828. The lowest BCUT2D eigenvalue weighted by Crippen LogP contribution is -2.33. The first-order chi connectivity index (χ1) is 13.9. The number of hydrogen-bond donors (Lipinski definition) is 0. The molecule has 0 N–H and O–H groups in total. The summed E-state index contributed by atoms with van der Waals surface area (Å²) in [7, 11) is 4.04. The smallest absolute Gasteiger partial charge is 0.295 e. The molecule has 4 rings (SSSR count). The fraction of sp³-hybridized carbons (Fsp3) is 0.273. The zero-order valence-corrected chi connectivity index (χ0v) is 19.4. The van der Waals surface area contributed by atoms with Gasteiger partial charge in [0.15, 0.2) is 10.9 Å². The van der Waals surface area contributed by atoms with Crippen LogP contribution < -0.4 is 4.90 Å². The van der Waals surface area contributed by atoms with E-state index < -0.39 is 0 Å². The van der Waals surface area contributed by atoms with E-state index in [1.54, 1.807) is 11.0 Å². The second-order valence-electron chi connectivity index (χ2n) is 7.28. The van der Waals surface area contributed by atoms with Crippen molar-refractivity contribution in [3.8, 4) is 0 Å². The molecule has 30 heavy (non-hydrogen) atoms. The Morgan fingerprint density at radius 3 is 2.67 bits per heavy atom. The third kappa shape index (κ3) is 4.47. The van der Waals surface area contributed by atoms with Crippen LogP contribution in [-0.2, 0) is 0 Å². The molecule has 0 saturated heterocycles. The lowest BCUT2D eigenvalue weighted by atomic mass is 10.2. The number of thiazole rings is 1. The summed E-state index contributed by atoms with van der Waals surface area (Å²) >= 11 is 7.76. The average Bonchev–Trinajstić information content (AvgIpc) is 3.32. The van der Waals surface area contributed by atoms with Crippen LogP contribution in [0.3, 0.4) is 0 Å². The monoisotopic (exact) mass is 463 g/mol. The van der Waals surface area contributed by atoms with Gasteiger partial charge in [-0.05, 0) is 63.8 Å². The molecule has 0 saturated carbocycles. The topological polar surface area (TPSA) is 49.6 Å². The number of aryl methyl sites for hydroxylation is 1. The van der Waals surface area contributed by atoms with Gasteiger partial charge in [-0.1, -0.05) is 41.1 Å². The molecule has 0 aliphatic heterocycles. The highest BCUT2D eigenvalue weighted by atomic mass is 35.5. The van der Waals surface area contributed by atoms with Gasteiger partial charge in [0.05, 0.1) is 10.2 Å². The molecule has 0 radical (unpaired) electrons. The van der Waals surface area contributed by atoms with E-state index in [1.807, 2.05) is 57.4 Å². The number of furan rings is 1. The number of para-hydroxylation sites is 1. The Kier molecular flexibility index (Phi) is 7.03. The highest BCUT2D eigenvalue weighted by Crippen LogP contribution is 2.34. The standard InChI is InChI=1S/C22H22ClN3O2S.ClH/c1-14-16(23)9-10-19-20(14)24-22(29-19)26(12-6-11-25(2)3)21(27)18-13-15-7-4-5-8-17(15)28-18;/h4-5,7-10,13H,6,11-12H2,1-3H3;1H. The fourth-order valence-electron chi connectivity index (χ4n) is 3.25. The first kappa shape index (κ1) is 22.6. The van der Waals surface area contributed by atoms with E-state index in [9.17, 15) is 4.79 Å². The molecule has 0 atom stereocenters. The number of nitrogens with zero attached hydrogens (tertiary/aromatic N) is 3.